The number of benzene rings is 3. The van der Waals surface area contributed by atoms with Gasteiger partial charge in [-0.05, 0) is 47.4 Å². The predicted octanol–water partition coefficient (Wildman–Crippen LogP) is 3.89. The second-order valence-electron chi connectivity index (χ2n) is 10.3. The minimum atomic E-state index is -3.73. The van der Waals surface area contributed by atoms with Gasteiger partial charge in [0.1, 0.15) is 6.61 Å². The van der Waals surface area contributed by atoms with Crippen molar-refractivity contribution >= 4 is 38.6 Å². The topological polar surface area (TPSA) is 113 Å². The number of rotatable bonds is 13. The van der Waals surface area contributed by atoms with E-state index in [0.29, 0.717) is 25.8 Å². The number of amides is 2. The molecule has 0 radical (unpaired) electrons. The molecular weight excluding hydrogens is 554 g/mol. The van der Waals surface area contributed by atoms with Crippen molar-refractivity contribution in [2.45, 2.75) is 37.2 Å². The average molecular weight is 592 g/mol. The summed E-state index contributed by atoms with van der Waals surface area (Å²) in [5.41, 5.74) is 0.857. The predicted molar refractivity (Wildman–Crippen MR) is 161 cm³/mol. The summed E-state index contributed by atoms with van der Waals surface area (Å²) in [7, 11) is -3.73. The molecule has 222 valence electrons. The summed E-state index contributed by atoms with van der Waals surface area (Å²) >= 11 is 0. The van der Waals surface area contributed by atoms with Crippen LogP contribution in [-0.2, 0) is 35.8 Å². The Bertz CT molecular complexity index is 1500. The maximum Gasteiger partial charge on any atom is 0.306 e. The first-order valence-corrected chi connectivity index (χ1v) is 15.6. The molecule has 1 aliphatic heterocycles. The summed E-state index contributed by atoms with van der Waals surface area (Å²) in [6, 6.07) is 22.0. The van der Waals surface area contributed by atoms with Crippen molar-refractivity contribution in [1.82, 2.24) is 14.5 Å². The molecule has 0 spiro atoms. The van der Waals surface area contributed by atoms with E-state index in [9.17, 15) is 22.8 Å². The first-order valence-electron chi connectivity index (χ1n) is 14.2. The van der Waals surface area contributed by atoms with E-state index < -0.39 is 21.9 Å². The Labute approximate surface area is 247 Å². The van der Waals surface area contributed by atoms with Crippen LogP contribution in [0.4, 0.5) is 0 Å². The van der Waals surface area contributed by atoms with Gasteiger partial charge in [-0.2, -0.15) is 4.31 Å². The molecule has 0 bridgehead atoms. The summed E-state index contributed by atoms with van der Waals surface area (Å²) in [5, 5.41) is 4.52. The Balaban J connectivity index is 1.36. The largest absolute Gasteiger partial charge is 0.461 e. The Morgan fingerprint density at radius 1 is 0.905 bits per heavy atom. The van der Waals surface area contributed by atoms with Crippen molar-refractivity contribution < 1.29 is 27.5 Å². The molecule has 0 aromatic heterocycles. The van der Waals surface area contributed by atoms with Crippen molar-refractivity contribution in [3.63, 3.8) is 0 Å². The number of esters is 1. The van der Waals surface area contributed by atoms with E-state index in [1.807, 2.05) is 54.6 Å². The van der Waals surface area contributed by atoms with E-state index in [1.165, 1.54) is 10.4 Å². The Morgan fingerprint density at radius 2 is 1.60 bits per heavy atom. The molecule has 1 fully saturated rings. The third kappa shape index (κ3) is 8.27. The van der Waals surface area contributed by atoms with Crippen LogP contribution < -0.4 is 5.32 Å². The smallest absolute Gasteiger partial charge is 0.306 e. The zero-order valence-electron chi connectivity index (χ0n) is 23.6. The number of ether oxygens (including phenoxy) is 1. The van der Waals surface area contributed by atoms with E-state index in [1.54, 1.807) is 23.1 Å². The van der Waals surface area contributed by atoms with Crippen LogP contribution in [0.5, 0.6) is 0 Å². The molecular formula is C32H37N3O6S. The second kappa shape index (κ2) is 14.7. The van der Waals surface area contributed by atoms with Crippen molar-refractivity contribution in [2.24, 2.45) is 5.92 Å². The fourth-order valence-electron chi connectivity index (χ4n) is 4.99. The average Bonchev–Trinajstić information content (AvgIpc) is 3.02. The van der Waals surface area contributed by atoms with E-state index in [0.717, 1.165) is 16.3 Å². The number of unbranched alkanes of at least 4 members (excludes halogenated alkanes) is 1. The molecule has 0 saturated carbocycles. The zero-order valence-corrected chi connectivity index (χ0v) is 24.4. The van der Waals surface area contributed by atoms with Crippen LogP contribution in [0, 0.1) is 5.92 Å². The Kier molecular flexibility index (Phi) is 10.9. The van der Waals surface area contributed by atoms with Crippen LogP contribution in [0.2, 0.25) is 0 Å². The first kappa shape index (κ1) is 30.9. The van der Waals surface area contributed by atoms with E-state index >= 15 is 0 Å². The lowest BCUT2D eigenvalue weighted by Crippen LogP contribution is -2.52. The molecule has 1 aliphatic rings. The quantitative estimate of drug-likeness (QED) is 0.183. The molecule has 2 amide bonds. The Hall–Kier alpha value is -4.02. The minimum Gasteiger partial charge on any atom is -0.461 e. The molecule has 4 rings (SSSR count). The van der Waals surface area contributed by atoms with Gasteiger partial charge in [0.2, 0.25) is 21.8 Å². The lowest BCUT2D eigenvalue weighted by Gasteiger charge is -2.35. The number of nitrogens with one attached hydrogen (secondary N) is 1. The molecule has 1 N–H and O–H groups in total. The summed E-state index contributed by atoms with van der Waals surface area (Å²) < 4.78 is 33.6. The summed E-state index contributed by atoms with van der Waals surface area (Å²) in [6.07, 6.45) is 2.84. The van der Waals surface area contributed by atoms with Gasteiger partial charge in [0, 0.05) is 38.6 Å². The number of fused-ring (bicyclic) bond motifs is 1. The van der Waals surface area contributed by atoms with Gasteiger partial charge in [-0.15, -0.1) is 0 Å². The number of hydrogen-bond acceptors (Lipinski definition) is 6. The van der Waals surface area contributed by atoms with Gasteiger partial charge in [-0.25, -0.2) is 8.42 Å². The molecule has 42 heavy (non-hydrogen) atoms. The van der Waals surface area contributed by atoms with Gasteiger partial charge < -0.3 is 15.0 Å². The summed E-state index contributed by atoms with van der Waals surface area (Å²) in [5.74, 6) is -1.52. The lowest BCUT2D eigenvalue weighted by molar-refractivity contribution is -0.150. The SMILES string of the molecule is C=CC(=O)NCCCC[C@H](CC(=O)OCc1ccccc1)C(=O)N1CCN(S(=O)(=O)c2ccc3ccccc3c2)CC1. The molecule has 3 aromatic carbocycles. The monoisotopic (exact) mass is 591 g/mol. The fourth-order valence-corrected chi connectivity index (χ4v) is 6.45. The molecule has 9 nitrogen and oxygen atoms in total. The van der Waals surface area contributed by atoms with Gasteiger partial charge in [-0.3, -0.25) is 14.4 Å². The van der Waals surface area contributed by atoms with Crippen molar-refractivity contribution in [2.75, 3.05) is 32.7 Å². The number of hydrogen-bond donors (Lipinski definition) is 1. The fraction of sp³-hybridized carbons (Fsp3) is 0.344. The van der Waals surface area contributed by atoms with Crippen LogP contribution in [0.15, 0.2) is 90.3 Å². The highest BCUT2D eigenvalue weighted by Crippen LogP contribution is 2.24. The first-order chi connectivity index (χ1) is 20.3. The van der Waals surface area contributed by atoms with Crippen LogP contribution >= 0.6 is 0 Å². The van der Waals surface area contributed by atoms with Gasteiger partial charge in [0.05, 0.1) is 11.3 Å². The highest BCUT2D eigenvalue weighted by Gasteiger charge is 2.33. The maximum absolute atomic E-state index is 13.6. The third-order valence-electron chi connectivity index (χ3n) is 7.38. The number of nitrogens with zero attached hydrogens (tertiary/aromatic N) is 2. The molecule has 0 unspecified atom stereocenters. The lowest BCUT2D eigenvalue weighted by atomic mass is 9.96. The van der Waals surface area contributed by atoms with Gasteiger partial charge in [-0.1, -0.05) is 73.7 Å². The van der Waals surface area contributed by atoms with E-state index in [4.69, 9.17) is 4.74 Å². The number of sulfonamides is 1. The normalized spacial score (nSPS) is 14.7. The number of carbonyl (C=O) groups is 3. The molecule has 1 atom stereocenters. The Morgan fingerprint density at radius 3 is 2.31 bits per heavy atom. The van der Waals surface area contributed by atoms with Crippen molar-refractivity contribution in [3.8, 4) is 0 Å². The van der Waals surface area contributed by atoms with Crippen molar-refractivity contribution in [3.05, 3.63) is 91.0 Å². The molecule has 1 heterocycles. The van der Waals surface area contributed by atoms with Crippen LogP contribution in [0.25, 0.3) is 10.8 Å². The van der Waals surface area contributed by atoms with E-state index in [2.05, 4.69) is 11.9 Å². The van der Waals surface area contributed by atoms with Crippen LogP contribution in [-0.4, -0.2) is 68.1 Å². The number of carbonyl (C=O) groups excluding carboxylic acids is 3. The maximum atomic E-state index is 13.6. The highest BCUT2D eigenvalue weighted by molar-refractivity contribution is 7.89. The van der Waals surface area contributed by atoms with Crippen LogP contribution in [0.3, 0.4) is 0 Å². The van der Waals surface area contributed by atoms with Gasteiger partial charge in [0.15, 0.2) is 0 Å². The molecule has 3 aromatic rings. The summed E-state index contributed by atoms with van der Waals surface area (Å²) in [6.45, 7) is 4.79. The number of piperazine rings is 1. The minimum absolute atomic E-state index is 0.0692. The second-order valence-corrected chi connectivity index (χ2v) is 12.2. The standard InChI is InChI=1S/C32H37N3O6S/c1-2-30(36)33-17-9-8-14-28(23-31(37)41-24-25-10-4-3-5-11-25)32(38)34-18-20-35(21-19-34)42(39,40)29-16-15-26-12-6-7-13-27(26)22-29/h2-7,10-13,15-16,22,28H,1,8-9,14,17-21,23-24H2,(H,33,36)/t28-/m1/s1. The van der Waals surface area contributed by atoms with Gasteiger partial charge in [0.25, 0.3) is 0 Å². The van der Waals surface area contributed by atoms with Crippen molar-refractivity contribution in [1.29, 1.82) is 0 Å². The van der Waals surface area contributed by atoms with E-state index in [-0.39, 0.29) is 55.9 Å². The molecule has 10 heteroatoms. The third-order valence-corrected chi connectivity index (χ3v) is 9.27. The molecule has 1 saturated heterocycles. The zero-order chi connectivity index (χ0) is 30.0. The van der Waals surface area contributed by atoms with Crippen LogP contribution in [0.1, 0.15) is 31.2 Å². The van der Waals surface area contributed by atoms with Gasteiger partial charge >= 0.3 is 5.97 Å². The molecule has 0 aliphatic carbocycles. The summed E-state index contributed by atoms with van der Waals surface area (Å²) in [4.78, 5) is 39.6. The highest BCUT2D eigenvalue weighted by atomic mass is 32.2.